The summed E-state index contributed by atoms with van der Waals surface area (Å²) in [6.07, 6.45) is 0. The molecule has 40 valence electrons. The third-order valence-electron chi connectivity index (χ3n) is 0.232. The van der Waals surface area contributed by atoms with Crippen LogP contribution in [0.5, 0.6) is 0 Å². The maximum atomic E-state index is 9.72. The van der Waals surface area contributed by atoms with Gasteiger partial charge in [0.25, 0.3) is 0 Å². The number of hydrogen-bond acceptors (Lipinski definition) is 4. The van der Waals surface area contributed by atoms with Gasteiger partial charge in [0.05, 0.1) is 0 Å². The zero-order valence-corrected chi connectivity index (χ0v) is 9.83. The average molecular weight is 340 g/mol. The van der Waals surface area contributed by atoms with Gasteiger partial charge >= 0.3 is 68.9 Å². The Morgan fingerprint density at radius 3 is 1.88 bits per heavy atom. The average Bonchev–Trinajstić information content (AvgIpc) is 1.91. The molecule has 0 spiro atoms. The minimum atomic E-state index is -2.27. The van der Waals surface area contributed by atoms with Gasteiger partial charge in [-0.3, -0.25) is 0 Å². The molecule has 0 saturated carbocycles. The van der Waals surface area contributed by atoms with Crippen LogP contribution in [0.15, 0.2) is 0 Å². The molecular formula is HAlBBiO4Si. The monoisotopic (exact) mass is 340 g/mol. The van der Waals surface area contributed by atoms with Gasteiger partial charge in [-0.2, -0.15) is 0 Å². The fourth-order valence-corrected chi connectivity index (χ4v) is 0.250. The third-order valence-corrected chi connectivity index (χ3v) is 1.80. The molecule has 0 rings (SSSR count). The number of rotatable bonds is 2. The van der Waals surface area contributed by atoms with Crippen LogP contribution >= 0.6 is 0 Å². The Kier molecular flexibility index (Phi) is 15.8. The predicted octanol–water partition coefficient (Wildman–Crippen LogP) is -2.27. The van der Waals surface area contributed by atoms with Gasteiger partial charge in [0.15, 0.2) is 0 Å². The first-order valence-electron chi connectivity index (χ1n) is 1.46. The van der Waals surface area contributed by atoms with Crippen LogP contribution in [0.2, 0.25) is 0 Å². The van der Waals surface area contributed by atoms with E-state index in [1.165, 1.54) is 0 Å². The van der Waals surface area contributed by atoms with Crippen LogP contribution in [0.3, 0.4) is 0 Å². The zero-order valence-electron chi connectivity index (χ0n) is 3.79. The van der Waals surface area contributed by atoms with Gasteiger partial charge in [-0.15, -0.1) is 0 Å². The molecule has 0 radical (unpaired) electrons. The van der Waals surface area contributed by atoms with Gasteiger partial charge in [0.1, 0.15) is 0 Å². The van der Waals surface area contributed by atoms with Crippen LogP contribution in [-0.4, -0.2) is 53.1 Å². The summed E-state index contributed by atoms with van der Waals surface area (Å²) in [7, 11) is -2.27. The van der Waals surface area contributed by atoms with Crippen molar-refractivity contribution in [1.29, 1.82) is 0 Å². The second-order valence-corrected chi connectivity index (χ2v) is 4.33. The van der Waals surface area contributed by atoms with Crippen LogP contribution in [-0.2, 0) is 15.8 Å². The quantitative estimate of drug-likeness (QED) is 0.532. The van der Waals surface area contributed by atoms with Crippen molar-refractivity contribution in [3.63, 3.8) is 0 Å². The topological polar surface area (TPSA) is 68.3 Å². The molecule has 0 aromatic carbocycles. The second-order valence-electron chi connectivity index (χ2n) is 0.638. The summed E-state index contributed by atoms with van der Waals surface area (Å²) in [5.74, 6) is 0. The van der Waals surface area contributed by atoms with Crippen LogP contribution in [0.25, 0.3) is 0 Å². The van der Waals surface area contributed by atoms with Crippen molar-refractivity contribution in [1.82, 2.24) is 0 Å². The van der Waals surface area contributed by atoms with E-state index >= 15 is 0 Å². The van der Waals surface area contributed by atoms with Crippen molar-refractivity contribution in [2.75, 3.05) is 0 Å². The normalized spacial score (nSPS) is 4.50. The van der Waals surface area contributed by atoms with Crippen LogP contribution < -0.4 is 0 Å². The van der Waals surface area contributed by atoms with Crippen LogP contribution in [0.1, 0.15) is 0 Å². The molecule has 0 bridgehead atoms. The maximum absolute atomic E-state index is 9.72. The summed E-state index contributed by atoms with van der Waals surface area (Å²) in [4.78, 5) is 0. The van der Waals surface area contributed by atoms with Crippen LogP contribution in [0.4, 0.5) is 0 Å². The molecule has 8 heavy (non-hydrogen) atoms. The molecule has 0 heterocycles. The molecule has 0 fully saturated rings. The Hall–Kier alpha value is 0.897. The van der Waals surface area contributed by atoms with Crippen LogP contribution in [0, 0.1) is 0 Å². The molecule has 0 N–H and O–H groups in total. The molecule has 8 heteroatoms. The Morgan fingerprint density at radius 1 is 1.50 bits per heavy atom. The molecule has 0 aliphatic carbocycles. The van der Waals surface area contributed by atoms with Gasteiger partial charge in [0, 0.05) is 0 Å². The van der Waals surface area contributed by atoms with Gasteiger partial charge in [-0.1, -0.05) is 0 Å². The number of hydrogen-bond donors (Lipinski definition) is 0. The molecule has 0 amide bonds. The molecular weight excluding hydrogens is 339 g/mol. The van der Waals surface area contributed by atoms with E-state index in [1.54, 1.807) is 0 Å². The van der Waals surface area contributed by atoms with Crippen molar-refractivity contribution in [2.45, 2.75) is 0 Å². The van der Waals surface area contributed by atoms with Gasteiger partial charge in [-0.25, -0.2) is 0 Å². The Morgan fingerprint density at radius 2 is 1.88 bits per heavy atom. The summed E-state index contributed by atoms with van der Waals surface area (Å²) in [5, 5.41) is 0. The minimum absolute atomic E-state index is 0.0556. The van der Waals surface area contributed by atoms with E-state index in [0.29, 0.717) is 0 Å². The van der Waals surface area contributed by atoms with E-state index in [0.717, 1.165) is 0 Å². The fraction of sp³-hybridized carbons (Fsp3) is 0. The molecule has 0 aromatic rings. The molecule has 0 aliphatic heterocycles. The first-order chi connectivity index (χ1) is 3.81. The van der Waals surface area contributed by atoms with Gasteiger partial charge < -0.3 is 0 Å². The SMILES string of the molecule is O=B[Si](=O)[Al]=[O].[O]=[BiH]. The summed E-state index contributed by atoms with van der Waals surface area (Å²) in [6, 6.07) is 0. The summed E-state index contributed by atoms with van der Waals surface area (Å²) < 4.78 is 36.8. The molecule has 0 aromatic heterocycles. The summed E-state index contributed by atoms with van der Waals surface area (Å²) in [5.41, 5.74) is 0. The predicted molar refractivity (Wildman–Crippen MR) is 27.2 cm³/mol. The second kappa shape index (κ2) is 10.8. The third kappa shape index (κ3) is 10.0. The van der Waals surface area contributed by atoms with E-state index < -0.39 is 21.6 Å². The van der Waals surface area contributed by atoms with Crippen molar-refractivity contribution >= 4 is 53.1 Å². The zero-order chi connectivity index (χ0) is 6.99. The molecule has 0 atom stereocenters. The first kappa shape index (κ1) is 11.7. The van der Waals surface area contributed by atoms with Gasteiger partial charge in [-0.05, 0) is 0 Å². The Balaban J connectivity index is 0. The molecule has 4 nitrogen and oxygen atoms in total. The van der Waals surface area contributed by atoms with Crippen molar-refractivity contribution in [3.05, 3.63) is 0 Å². The van der Waals surface area contributed by atoms with Gasteiger partial charge in [0.2, 0.25) is 0 Å². The fourth-order valence-electron chi connectivity index (χ4n) is 0.0278. The summed E-state index contributed by atoms with van der Waals surface area (Å²) >= 11 is -1.28. The molecule has 0 unspecified atom stereocenters. The van der Waals surface area contributed by atoms with E-state index in [1.807, 2.05) is 0 Å². The Labute approximate surface area is 68.5 Å². The first-order valence-corrected chi connectivity index (χ1v) is 6.81. The van der Waals surface area contributed by atoms with E-state index in [4.69, 9.17) is 2.81 Å². The Bertz CT molecular complexity index is 94.2. The van der Waals surface area contributed by atoms with E-state index in [9.17, 15) is 13.0 Å². The van der Waals surface area contributed by atoms with E-state index in [2.05, 4.69) is 0 Å². The molecule has 0 saturated heterocycles. The summed E-state index contributed by atoms with van der Waals surface area (Å²) in [6.45, 7) is 0.243. The van der Waals surface area contributed by atoms with E-state index in [-0.39, 0.29) is 31.5 Å². The van der Waals surface area contributed by atoms with Crippen molar-refractivity contribution in [3.8, 4) is 0 Å². The van der Waals surface area contributed by atoms with Crippen molar-refractivity contribution in [2.24, 2.45) is 0 Å². The van der Waals surface area contributed by atoms with Crippen molar-refractivity contribution < 1.29 is 15.8 Å². The molecule has 0 aliphatic rings. The standard InChI is InChI=1S/Al.BO2Si.Bi.2O.H/c;2-1-4-3;;;;.